The first kappa shape index (κ1) is 26.9. The van der Waals surface area contributed by atoms with Crippen molar-refractivity contribution in [2.24, 2.45) is 11.8 Å². The van der Waals surface area contributed by atoms with Gasteiger partial charge in [0.2, 0.25) is 18.1 Å². The van der Waals surface area contributed by atoms with Crippen LogP contribution in [0.5, 0.6) is 0 Å². The van der Waals surface area contributed by atoms with E-state index in [0.717, 1.165) is 45.2 Å². The summed E-state index contributed by atoms with van der Waals surface area (Å²) in [5, 5.41) is 10.6. The normalized spacial score (nSPS) is 20.7. The van der Waals surface area contributed by atoms with Crippen LogP contribution in [0.4, 0.5) is 16.0 Å². The molecule has 0 unspecified atom stereocenters. The number of aromatic nitrogens is 2. The smallest absolute Gasteiger partial charge is 0.243 e. The Kier molecular flexibility index (Phi) is 8.89. The summed E-state index contributed by atoms with van der Waals surface area (Å²) in [6, 6.07) is 0. The van der Waals surface area contributed by atoms with Gasteiger partial charge in [-0.25, -0.2) is 15.0 Å². The van der Waals surface area contributed by atoms with E-state index in [1.54, 1.807) is 0 Å². The Bertz CT molecular complexity index is 921. The number of hydrogen-bond acceptors (Lipinski definition) is 9. The fraction of sp³-hybridized carbons (Fsp3) is 0.750. The van der Waals surface area contributed by atoms with Gasteiger partial charge in [0.25, 0.3) is 0 Å². The van der Waals surface area contributed by atoms with E-state index >= 15 is 4.39 Å². The van der Waals surface area contributed by atoms with Crippen molar-refractivity contribution in [3.05, 3.63) is 5.82 Å². The molecule has 2 saturated heterocycles. The van der Waals surface area contributed by atoms with Gasteiger partial charge in [-0.3, -0.25) is 30.5 Å². The Labute approximate surface area is 216 Å². The number of nitrogens with one attached hydrogen (secondary N) is 2. The second kappa shape index (κ2) is 11.9. The lowest BCUT2D eigenvalue weighted by Crippen LogP contribution is -2.70. The highest BCUT2D eigenvalue weighted by Crippen LogP contribution is 2.38. The van der Waals surface area contributed by atoms with Crippen molar-refractivity contribution >= 4 is 35.7 Å². The fourth-order valence-electron chi connectivity index (χ4n) is 5.86. The molecule has 3 N–H and O–H groups in total. The molecule has 1 aromatic rings. The van der Waals surface area contributed by atoms with Crippen molar-refractivity contribution in [1.82, 2.24) is 25.4 Å². The first-order valence-electron chi connectivity index (χ1n) is 13.0. The highest BCUT2D eigenvalue weighted by molar-refractivity contribution is 7.98. The Hall–Kier alpha value is -2.18. The first-order chi connectivity index (χ1) is 17.4. The summed E-state index contributed by atoms with van der Waals surface area (Å²) >= 11 is 1.30. The maximum Gasteiger partial charge on any atom is 0.243 e. The summed E-state index contributed by atoms with van der Waals surface area (Å²) in [4.78, 5) is 37.0. The zero-order valence-corrected chi connectivity index (χ0v) is 22.0. The Balaban J connectivity index is 1.44. The predicted molar refractivity (Wildman–Crippen MR) is 136 cm³/mol. The largest absolute Gasteiger partial charge is 0.350 e. The topological polar surface area (TPSA) is 114 Å². The average molecular weight is 524 g/mol. The number of halogens is 1. The number of hydroxylamine groups is 2. The lowest BCUT2D eigenvalue weighted by molar-refractivity contribution is -0.154. The van der Waals surface area contributed by atoms with Gasteiger partial charge in [0.15, 0.2) is 16.8 Å². The number of thioether (sulfide) groups is 1. The van der Waals surface area contributed by atoms with Crippen LogP contribution >= 0.6 is 11.8 Å². The van der Waals surface area contributed by atoms with E-state index in [1.165, 1.54) is 24.6 Å². The number of rotatable bonds is 12. The molecule has 36 heavy (non-hydrogen) atoms. The van der Waals surface area contributed by atoms with Gasteiger partial charge in [0.05, 0.1) is 18.0 Å². The van der Waals surface area contributed by atoms with Crippen LogP contribution in [0.3, 0.4) is 0 Å². The molecular formula is C24H38FN7O3S. The first-order valence-corrected chi connectivity index (χ1v) is 14.2. The SMILES string of the molecule is CCC1(N2CCCC2)CN(c2nc(SC)nc(NNC(=O)[C@@H](CC3CCCC3)CN(O)C=O)c2F)C1. The quantitative estimate of drug-likeness (QED) is 0.125. The minimum atomic E-state index is -0.624. The van der Waals surface area contributed by atoms with E-state index in [0.29, 0.717) is 35.6 Å². The average Bonchev–Trinajstić information content (AvgIpc) is 3.58. The summed E-state index contributed by atoms with van der Waals surface area (Å²) in [5.41, 5.74) is 5.27. The lowest BCUT2D eigenvalue weighted by atomic mass is 9.85. The van der Waals surface area contributed by atoms with Crippen LogP contribution in [-0.2, 0) is 9.59 Å². The maximum absolute atomic E-state index is 15.5. The molecule has 3 aliphatic rings. The second-order valence-electron chi connectivity index (χ2n) is 10.2. The van der Waals surface area contributed by atoms with Gasteiger partial charge >= 0.3 is 0 Å². The lowest BCUT2D eigenvalue weighted by Gasteiger charge is -2.55. The molecule has 4 rings (SSSR count). The third kappa shape index (κ3) is 5.86. The molecule has 2 amide bonds. The third-order valence-electron chi connectivity index (χ3n) is 8.00. The van der Waals surface area contributed by atoms with Crippen molar-refractivity contribution < 1.29 is 19.2 Å². The standard InChI is InChI=1S/C24H38FN7O3S/c1-3-24(31-10-6-7-11-31)14-30(15-24)21-19(25)20(26-23(27-21)36-2)28-29-22(34)18(13-32(35)16-33)12-17-8-4-5-9-17/h16-18,35H,3-15H2,1-2H3,(H,29,34)(H,26,27,28)/t18-/m0/s1. The van der Waals surface area contributed by atoms with Crippen LogP contribution in [0.2, 0.25) is 0 Å². The van der Waals surface area contributed by atoms with Crippen LogP contribution < -0.4 is 15.8 Å². The van der Waals surface area contributed by atoms with Gasteiger partial charge < -0.3 is 4.90 Å². The fourth-order valence-corrected chi connectivity index (χ4v) is 6.22. The van der Waals surface area contributed by atoms with E-state index < -0.39 is 17.6 Å². The Morgan fingerprint density at radius 3 is 2.58 bits per heavy atom. The molecule has 0 spiro atoms. The van der Waals surface area contributed by atoms with E-state index in [1.807, 2.05) is 11.2 Å². The van der Waals surface area contributed by atoms with Gasteiger partial charge in [0, 0.05) is 13.1 Å². The third-order valence-corrected chi connectivity index (χ3v) is 8.55. The molecule has 3 fully saturated rings. The van der Waals surface area contributed by atoms with Crippen LogP contribution in [0.15, 0.2) is 5.16 Å². The molecule has 1 saturated carbocycles. The summed E-state index contributed by atoms with van der Waals surface area (Å²) < 4.78 is 15.5. The van der Waals surface area contributed by atoms with Crippen LogP contribution in [0.1, 0.15) is 58.3 Å². The summed E-state index contributed by atoms with van der Waals surface area (Å²) in [7, 11) is 0. The van der Waals surface area contributed by atoms with Gasteiger partial charge in [-0.15, -0.1) is 0 Å². The van der Waals surface area contributed by atoms with Crippen LogP contribution in [-0.4, -0.2) is 82.0 Å². The molecule has 3 heterocycles. The minimum Gasteiger partial charge on any atom is -0.350 e. The number of carbonyl (C=O) groups excluding carboxylic acids is 2. The van der Waals surface area contributed by atoms with E-state index in [4.69, 9.17) is 0 Å². The molecule has 0 radical (unpaired) electrons. The van der Waals surface area contributed by atoms with Crippen molar-refractivity contribution in [1.29, 1.82) is 0 Å². The molecular weight excluding hydrogens is 485 g/mol. The number of carbonyl (C=O) groups is 2. The molecule has 0 aromatic carbocycles. The molecule has 1 aliphatic carbocycles. The number of nitrogens with zero attached hydrogens (tertiary/aromatic N) is 5. The number of hydrogen-bond donors (Lipinski definition) is 3. The van der Waals surface area contributed by atoms with E-state index in [-0.39, 0.29) is 30.1 Å². The summed E-state index contributed by atoms with van der Waals surface area (Å²) in [6.07, 6.45) is 10.4. The van der Waals surface area contributed by atoms with Crippen LogP contribution in [0.25, 0.3) is 0 Å². The number of anilines is 2. The zero-order valence-electron chi connectivity index (χ0n) is 21.2. The molecule has 1 atom stereocenters. The second-order valence-corrected chi connectivity index (χ2v) is 11.0. The van der Waals surface area contributed by atoms with Gasteiger partial charge in [0.1, 0.15) is 0 Å². The Morgan fingerprint density at radius 1 is 1.28 bits per heavy atom. The zero-order chi connectivity index (χ0) is 25.7. The van der Waals surface area contributed by atoms with Crippen molar-refractivity contribution in [3.63, 3.8) is 0 Å². The molecule has 200 valence electrons. The molecule has 12 heteroatoms. The summed E-state index contributed by atoms with van der Waals surface area (Å²) in [5.74, 6) is -1.14. The minimum absolute atomic E-state index is 0.0530. The van der Waals surface area contributed by atoms with Crippen molar-refractivity contribution in [3.8, 4) is 0 Å². The van der Waals surface area contributed by atoms with Crippen molar-refractivity contribution in [2.45, 2.75) is 69.0 Å². The van der Waals surface area contributed by atoms with Gasteiger partial charge in [-0.2, -0.15) is 4.39 Å². The van der Waals surface area contributed by atoms with E-state index in [2.05, 4.69) is 32.6 Å². The molecule has 10 nitrogen and oxygen atoms in total. The molecule has 1 aromatic heterocycles. The number of likely N-dealkylation sites (tertiary alicyclic amines) is 1. The maximum atomic E-state index is 15.5. The Morgan fingerprint density at radius 2 is 1.97 bits per heavy atom. The molecule has 2 aliphatic heterocycles. The monoisotopic (exact) mass is 523 g/mol. The summed E-state index contributed by atoms with van der Waals surface area (Å²) in [6.45, 7) is 5.64. The van der Waals surface area contributed by atoms with Gasteiger partial charge in [-0.05, 0) is 50.9 Å². The van der Waals surface area contributed by atoms with Crippen molar-refractivity contribution in [2.75, 3.05) is 49.3 Å². The number of hydrazine groups is 1. The molecule has 0 bridgehead atoms. The van der Waals surface area contributed by atoms with E-state index in [9.17, 15) is 14.8 Å². The number of amides is 2. The predicted octanol–water partition coefficient (Wildman–Crippen LogP) is 2.89. The van der Waals surface area contributed by atoms with Crippen LogP contribution in [0, 0.1) is 17.7 Å². The van der Waals surface area contributed by atoms with Gasteiger partial charge in [-0.1, -0.05) is 44.4 Å². The highest BCUT2D eigenvalue weighted by Gasteiger charge is 2.48. The highest BCUT2D eigenvalue weighted by atomic mass is 32.2.